The zero-order valence-corrected chi connectivity index (χ0v) is 11.4. The van der Waals surface area contributed by atoms with Crippen molar-refractivity contribution in [2.45, 2.75) is 18.5 Å². The van der Waals surface area contributed by atoms with Crippen LogP contribution < -0.4 is 10.5 Å². The van der Waals surface area contributed by atoms with Crippen molar-refractivity contribution in [1.29, 1.82) is 0 Å². The first-order valence-electron chi connectivity index (χ1n) is 6.31. The SMILES string of the molecule is COc1ccccc1CN(C)C(=O)C1(N)CCOC1. The van der Waals surface area contributed by atoms with Crippen LogP contribution in [0, 0.1) is 0 Å². The van der Waals surface area contributed by atoms with Crippen LogP contribution in [0.1, 0.15) is 12.0 Å². The fourth-order valence-electron chi connectivity index (χ4n) is 2.29. The third-order valence-electron chi connectivity index (χ3n) is 3.42. The van der Waals surface area contributed by atoms with Crippen LogP contribution in [0.5, 0.6) is 5.75 Å². The van der Waals surface area contributed by atoms with E-state index in [0.29, 0.717) is 26.2 Å². The molecule has 1 aromatic carbocycles. The molecule has 5 nitrogen and oxygen atoms in total. The molecule has 0 bridgehead atoms. The van der Waals surface area contributed by atoms with Crippen LogP contribution in [-0.2, 0) is 16.1 Å². The quantitative estimate of drug-likeness (QED) is 0.872. The van der Waals surface area contributed by atoms with Crippen molar-refractivity contribution < 1.29 is 14.3 Å². The van der Waals surface area contributed by atoms with E-state index in [1.165, 1.54) is 0 Å². The first-order valence-corrected chi connectivity index (χ1v) is 6.31. The van der Waals surface area contributed by atoms with E-state index in [1.54, 1.807) is 19.1 Å². The number of para-hydroxylation sites is 1. The summed E-state index contributed by atoms with van der Waals surface area (Å²) in [6.45, 7) is 1.31. The Kier molecular flexibility index (Phi) is 4.07. The maximum absolute atomic E-state index is 12.4. The predicted octanol–water partition coefficient (Wildman–Crippen LogP) is 0.771. The van der Waals surface area contributed by atoms with Crippen molar-refractivity contribution in [3.8, 4) is 5.75 Å². The van der Waals surface area contributed by atoms with Gasteiger partial charge in [-0.15, -0.1) is 0 Å². The summed E-state index contributed by atoms with van der Waals surface area (Å²) < 4.78 is 10.5. The van der Waals surface area contributed by atoms with Gasteiger partial charge in [-0.25, -0.2) is 0 Å². The minimum atomic E-state index is -0.878. The van der Waals surface area contributed by atoms with Crippen LogP contribution in [0.3, 0.4) is 0 Å². The highest BCUT2D eigenvalue weighted by Gasteiger charge is 2.40. The molecule has 0 saturated carbocycles. The normalized spacial score (nSPS) is 22.3. The topological polar surface area (TPSA) is 64.8 Å². The van der Waals surface area contributed by atoms with Crippen molar-refractivity contribution in [3.63, 3.8) is 0 Å². The molecule has 1 unspecified atom stereocenters. The summed E-state index contributed by atoms with van der Waals surface area (Å²) in [5.41, 5.74) is 6.16. The lowest BCUT2D eigenvalue weighted by Crippen LogP contribution is -2.54. The van der Waals surface area contributed by atoms with Gasteiger partial charge in [0.1, 0.15) is 11.3 Å². The van der Waals surface area contributed by atoms with Gasteiger partial charge in [0.05, 0.1) is 13.7 Å². The molecule has 1 aromatic rings. The van der Waals surface area contributed by atoms with Crippen molar-refractivity contribution in [2.75, 3.05) is 27.4 Å². The van der Waals surface area contributed by atoms with Gasteiger partial charge < -0.3 is 20.1 Å². The average molecular weight is 264 g/mol. The average Bonchev–Trinajstić information content (AvgIpc) is 2.86. The van der Waals surface area contributed by atoms with Gasteiger partial charge in [0.2, 0.25) is 5.91 Å². The molecule has 0 spiro atoms. The molecule has 1 heterocycles. The Balaban J connectivity index is 2.08. The Hall–Kier alpha value is -1.59. The Morgan fingerprint density at radius 3 is 2.89 bits per heavy atom. The van der Waals surface area contributed by atoms with Crippen LogP contribution in [0.15, 0.2) is 24.3 Å². The van der Waals surface area contributed by atoms with Gasteiger partial charge in [-0.2, -0.15) is 0 Å². The Morgan fingerprint density at radius 1 is 1.53 bits per heavy atom. The fourth-order valence-corrected chi connectivity index (χ4v) is 2.29. The van der Waals surface area contributed by atoms with Gasteiger partial charge in [0.15, 0.2) is 0 Å². The number of amides is 1. The number of ether oxygens (including phenoxy) is 2. The number of rotatable bonds is 4. The molecule has 1 atom stereocenters. The number of benzene rings is 1. The summed E-state index contributed by atoms with van der Waals surface area (Å²) in [5, 5.41) is 0. The number of nitrogens with two attached hydrogens (primary N) is 1. The van der Waals surface area contributed by atoms with E-state index in [2.05, 4.69) is 0 Å². The van der Waals surface area contributed by atoms with Gasteiger partial charge in [-0.05, 0) is 12.5 Å². The molecule has 0 radical (unpaired) electrons. The fraction of sp³-hybridized carbons (Fsp3) is 0.500. The Bertz CT molecular complexity index is 456. The molecular formula is C14H20N2O3. The van der Waals surface area contributed by atoms with E-state index in [0.717, 1.165) is 11.3 Å². The van der Waals surface area contributed by atoms with E-state index in [4.69, 9.17) is 15.2 Å². The maximum atomic E-state index is 12.4. The summed E-state index contributed by atoms with van der Waals surface area (Å²) in [6, 6.07) is 7.65. The molecule has 1 amide bonds. The second-order valence-corrected chi connectivity index (χ2v) is 4.93. The second-order valence-electron chi connectivity index (χ2n) is 4.93. The van der Waals surface area contributed by atoms with Crippen LogP contribution in [0.2, 0.25) is 0 Å². The first-order chi connectivity index (χ1) is 9.07. The zero-order valence-electron chi connectivity index (χ0n) is 11.4. The molecular weight excluding hydrogens is 244 g/mol. The highest BCUT2D eigenvalue weighted by atomic mass is 16.5. The maximum Gasteiger partial charge on any atom is 0.245 e. The lowest BCUT2D eigenvalue weighted by atomic mass is 9.98. The summed E-state index contributed by atoms with van der Waals surface area (Å²) in [7, 11) is 3.37. The van der Waals surface area contributed by atoms with E-state index in [1.807, 2.05) is 24.3 Å². The standard InChI is InChI=1S/C14H20N2O3/c1-16(13(17)14(15)7-8-19-10-14)9-11-5-3-4-6-12(11)18-2/h3-6H,7-10,15H2,1-2H3. The van der Waals surface area contributed by atoms with Gasteiger partial charge in [-0.1, -0.05) is 18.2 Å². The minimum absolute atomic E-state index is 0.0871. The lowest BCUT2D eigenvalue weighted by Gasteiger charge is -2.28. The molecule has 1 saturated heterocycles. The summed E-state index contributed by atoms with van der Waals surface area (Å²) >= 11 is 0. The van der Waals surface area contributed by atoms with Gasteiger partial charge in [0.25, 0.3) is 0 Å². The van der Waals surface area contributed by atoms with Crippen LogP contribution in [0.4, 0.5) is 0 Å². The largest absolute Gasteiger partial charge is 0.496 e. The summed E-state index contributed by atoms with van der Waals surface area (Å²) in [4.78, 5) is 14.0. The van der Waals surface area contributed by atoms with Gasteiger partial charge in [0, 0.05) is 25.8 Å². The zero-order chi connectivity index (χ0) is 13.9. The predicted molar refractivity (Wildman–Crippen MR) is 71.8 cm³/mol. The Morgan fingerprint density at radius 2 is 2.26 bits per heavy atom. The third-order valence-corrected chi connectivity index (χ3v) is 3.42. The van der Waals surface area contributed by atoms with Crippen LogP contribution >= 0.6 is 0 Å². The first kappa shape index (κ1) is 13.8. The minimum Gasteiger partial charge on any atom is -0.496 e. The molecule has 2 N–H and O–H groups in total. The smallest absolute Gasteiger partial charge is 0.245 e. The lowest BCUT2D eigenvalue weighted by molar-refractivity contribution is -0.136. The monoisotopic (exact) mass is 264 g/mol. The molecule has 1 fully saturated rings. The molecule has 104 valence electrons. The molecule has 0 aliphatic carbocycles. The molecule has 1 aliphatic rings. The molecule has 1 aliphatic heterocycles. The molecule has 19 heavy (non-hydrogen) atoms. The van der Waals surface area contributed by atoms with Crippen molar-refractivity contribution in [3.05, 3.63) is 29.8 Å². The van der Waals surface area contributed by atoms with Crippen molar-refractivity contribution >= 4 is 5.91 Å². The summed E-state index contributed by atoms with van der Waals surface area (Å²) in [5.74, 6) is 0.687. The number of nitrogens with zero attached hydrogens (tertiary/aromatic N) is 1. The molecule has 0 aromatic heterocycles. The number of carbonyl (C=O) groups excluding carboxylic acids is 1. The molecule has 2 rings (SSSR count). The Labute approximate surface area is 113 Å². The number of hydrogen-bond donors (Lipinski definition) is 1. The van der Waals surface area contributed by atoms with Crippen molar-refractivity contribution in [1.82, 2.24) is 4.90 Å². The van der Waals surface area contributed by atoms with E-state index < -0.39 is 5.54 Å². The van der Waals surface area contributed by atoms with Gasteiger partial charge >= 0.3 is 0 Å². The number of hydrogen-bond acceptors (Lipinski definition) is 4. The van der Waals surface area contributed by atoms with E-state index in [9.17, 15) is 4.79 Å². The summed E-state index contributed by atoms with van der Waals surface area (Å²) in [6.07, 6.45) is 0.572. The van der Waals surface area contributed by atoms with E-state index in [-0.39, 0.29) is 5.91 Å². The van der Waals surface area contributed by atoms with Crippen LogP contribution in [-0.4, -0.2) is 43.7 Å². The number of methoxy groups -OCH3 is 1. The van der Waals surface area contributed by atoms with E-state index >= 15 is 0 Å². The number of carbonyl (C=O) groups is 1. The molecule has 5 heteroatoms. The second kappa shape index (κ2) is 5.59. The third kappa shape index (κ3) is 2.88. The van der Waals surface area contributed by atoms with Gasteiger partial charge in [-0.3, -0.25) is 4.79 Å². The number of likely N-dealkylation sites (N-methyl/N-ethyl adjacent to an activating group) is 1. The highest BCUT2D eigenvalue weighted by Crippen LogP contribution is 2.22. The van der Waals surface area contributed by atoms with Crippen LogP contribution in [0.25, 0.3) is 0 Å². The van der Waals surface area contributed by atoms with Crippen molar-refractivity contribution in [2.24, 2.45) is 5.73 Å². The highest BCUT2D eigenvalue weighted by molar-refractivity contribution is 5.86.